The van der Waals surface area contributed by atoms with Crippen molar-refractivity contribution in [3.8, 4) is 0 Å². The fourth-order valence-electron chi connectivity index (χ4n) is 2.84. The third kappa shape index (κ3) is 3.82. The van der Waals surface area contributed by atoms with Crippen molar-refractivity contribution >= 4 is 23.2 Å². The number of hydrogen-bond donors (Lipinski definition) is 2. The molecule has 20 heavy (non-hydrogen) atoms. The lowest BCUT2D eigenvalue weighted by molar-refractivity contribution is 0.0702. The van der Waals surface area contributed by atoms with Crippen molar-refractivity contribution in [2.45, 2.75) is 51.5 Å². The maximum atomic E-state index is 12.1. The molecule has 0 atom stereocenters. The predicted octanol–water partition coefficient (Wildman–Crippen LogP) is 3.54. The molecular formula is C15H21NO3S. The Morgan fingerprint density at radius 1 is 1.25 bits per heavy atom. The number of carboxylic acid groups (broad SMARTS) is 1. The lowest BCUT2D eigenvalue weighted by Gasteiger charge is -2.28. The Labute approximate surface area is 123 Å². The van der Waals surface area contributed by atoms with E-state index in [9.17, 15) is 9.59 Å². The van der Waals surface area contributed by atoms with Crippen LogP contribution in [0.3, 0.4) is 0 Å². The molecule has 1 aromatic rings. The molecule has 0 saturated heterocycles. The standard InChI is InChI=1S/C15H21NO3S/c1-2-3-10-4-6-11(7-5-10)16-14(17)12-8-9-13(20-12)15(18)19/h8-11H,2-7H2,1H3,(H,16,17)(H,18,19). The maximum Gasteiger partial charge on any atom is 0.345 e. The molecular weight excluding hydrogens is 274 g/mol. The number of carbonyl (C=O) groups is 2. The van der Waals surface area contributed by atoms with E-state index in [1.165, 1.54) is 31.7 Å². The van der Waals surface area contributed by atoms with Gasteiger partial charge in [-0.25, -0.2) is 4.79 Å². The SMILES string of the molecule is CCCC1CCC(NC(=O)c2ccc(C(=O)O)s2)CC1. The largest absolute Gasteiger partial charge is 0.477 e. The summed E-state index contributed by atoms with van der Waals surface area (Å²) >= 11 is 1.03. The van der Waals surface area contributed by atoms with Gasteiger partial charge in [0.2, 0.25) is 0 Å². The Morgan fingerprint density at radius 3 is 2.45 bits per heavy atom. The Morgan fingerprint density at radius 2 is 1.90 bits per heavy atom. The van der Waals surface area contributed by atoms with E-state index < -0.39 is 5.97 Å². The van der Waals surface area contributed by atoms with Gasteiger partial charge in [0.15, 0.2) is 0 Å². The van der Waals surface area contributed by atoms with E-state index >= 15 is 0 Å². The maximum absolute atomic E-state index is 12.1. The molecule has 110 valence electrons. The van der Waals surface area contributed by atoms with E-state index in [2.05, 4.69) is 12.2 Å². The molecule has 1 heterocycles. The highest BCUT2D eigenvalue weighted by atomic mass is 32.1. The number of carbonyl (C=O) groups excluding carboxylic acids is 1. The van der Waals surface area contributed by atoms with Gasteiger partial charge in [0, 0.05) is 6.04 Å². The second kappa shape index (κ2) is 6.88. The van der Waals surface area contributed by atoms with E-state index in [1.54, 1.807) is 6.07 Å². The van der Waals surface area contributed by atoms with Crippen LogP contribution in [0.2, 0.25) is 0 Å². The van der Waals surface area contributed by atoms with Crippen molar-refractivity contribution < 1.29 is 14.7 Å². The minimum Gasteiger partial charge on any atom is -0.477 e. The van der Waals surface area contributed by atoms with Crippen molar-refractivity contribution in [1.29, 1.82) is 0 Å². The van der Waals surface area contributed by atoms with Crippen LogP contribution in [0.5, 0.6) is 0 Å². The van der Waals surface area contributed by atoms with Crippen molar-refractivity contribution in [3.05, 3.63) is 21.9 Å². The smallest absolute Gasteiger partial charge is 0.345 e. The average molecular weight is 295 g/mol. The molecule has 2 N–H and O–H groups in total. The van der Waals surface area contributed by atoms with Crippen molar-refractivity contribution in [2.75, 3.05) is 0 Å². The first-order valence-electron chi connectivity index (χ1n) is 7.24. The molecule has 0 spiro atoms. The fraction of sp³-hybridized carbons (Fsp3) is 0.600. The summed E-state index contributed by atoms with van der Waals surface area (Å²) < 4.78 is 0. The number of rotatable bonds is 5. The van der Waals surface area contributed by atoms with Gasteiger partial charge in [-0.15, -0.1) is 11.3 Å². The summed E-state index contributed by atoms with van der Waals surface area (Å²) in [6.45, 7) is 2.21. The van der Waals surface area contributed by atoms with Crippen LogP contribution in [0.25, 0.3) is 0 Å². The zero-order valence-corrected chi connectivity index (χ0v) is 12.5. The molecule has 0 unspecified atom stereocenters. The second-order valence-electron chi connectivity index (χ2n) is 5.45. The monoisotopic (exact) mass is 295 g/mol. The highest BCUT2D eigenvalue weighted by Crippen LogP contribution is 2.28. The highest BCUT2D eigenvalue weighted by Gasteiger charge is 2.23. The molecule has 2 rings (SSSR count). The Balaban J connectivity index is 1.84. The van der Waals surface area contributed by atoms with Gasteiger partial charge in [0.25, 0.3) is 5.91 Å². The summed E-state index contributed by atoms with van der Waals surface area (Å²) in [5.41, 5.74) is 0. The minimum atomic E-state index is -0.978. The molecule has 1 saturated carbocycles. The van der Waals surface area contributed by atoms with E-state index in [0.717, 1.165) is 30.1 Å². The highest BCUT2D eigenvalue weighted by molar-refractivity contribution is 7.15. The number of nitrogens with one attached hydrogen (secondary N) is 1. The molecule has 0 aromatic carbocycles. The first-order chi connectivity index (χ1) is 9.60. The third-order valence-corrected chi connectivity index (χ3v) is 4.99. The summed E-state index contributed by atoms with van der Waals surface area (Å²) in [5.74, 6) is -0.302. The quantitative estimate of drug-likeness (QED) is 0.873. The zero-order valence-electron chi connectivity index (χ0n) is 11.7. The molecule has 1 aliphatic carbocycles. The summed E-state index contributed by atoms with van der Waals surface area (Å²) in [7, 11) is 0. The van der Waals surface area contributed by atoms with Crippen LogP contribution in [0.15, 0.2) is 12.1 Å². The molecule has 4 nitrogen and oxygen atoms in total. The zero-order chi connectivity index (χ0) is 14.5. The minimum absolute atomic E-state index is 0.138. The molecule has 1 aliphatic rings. The van der Waals surface area contributed by atoms with E-state index in [4.69, 9.17) is 5.11 Å². The van der Waals surface area contributed by atoms with Crippen molar-refractivity contribution in [1.82, 2.24) is 5.32 Å². The third-order valence-electron chi connectivity index (χ3n) is 3.92. The Bertz CT molecular complexity index is 475. The van der Waals surface area contributed by atoms with Gasteiger partial charge in [0.1, 0.15) is 4.88 Å². The molecule has 1 amide bonds. The van der Waals surface area contributed by atoms with Crippen LogP contribution in [0, 0.1) is 5.92 Å². The molecule has 0 radical (unpaired) electrons. The Hall–Kier alpha value is -1.36. The molecule has 1 fully saturated rings. The van der Waals surface area contributed by atoms with Crippen LogP contribution < -0.4 is 5.32 Å². The molecule has 0 bridgehead atoms. The van der Waals surface area contributed by atoms with Crippen molar-refractivity contribution in [2.24, 2.45) is 5.92 Å². The van der Waals surface area contributed by atoms with Crippen LogP contribution in [-0.2, 0) is 0 Å². The lowest BCUT2D eigenvalue weighted by atomic mass is 9.83. The number of hydrogen-bond acceptors (Lipinski definition) is 3. The van der Waals surface area contributed by atoms with Gasteiger partial charge in [0.05, 0.1) is 4.88 Å². The fourth-order valence-corrected chi connectivity index (χ4v) is 3.58. The normalized spacial score (nSPS) is 22.4. The van der Waals surface area contributed by atoms with Crippen molar-refractivity contribution in [3.63, 3.8) is 0 Å². The van der Waals surface area contributed by atoms with Gasteiger partial charge in [-0.3, -0.25) is 4.79 Å². The van der Waals surface area contributed by atoms with Gasteiger partial charge in [-0.05, 0) is 43.7 Å². The number of thiophene rings is 1. The summed E-state index contributed by atoms with van der Waals surface area (Å²) in [6, 6.07) is 3.32. The average Bonchev–Trinajstić information content (AvgIpc) is 2.91. The van der Waals surface area contributed by atoms with E-state index in [0.29, 0.717) is 4.88 Å². The van der Waals surface area contributed by atoms with E-state index in [-0.39, 0.29) is 16.8 Å². The number of aromatic carboxylic acids is 1. The first kappa shape index (κ1) is 15.0. The van der Waals surface area contributed by atoms with Gasteiger partial charge >= 0.3 is 5.97 Å². The van der Waals surface area contributed by atoms with Crippen LogP contribution in [0.1, 0.15) is 64.8 Å². The second-order valence-corrected chi connectivity index (χ2v) is 6.53. The van der Waals surface area contributed by atoms with Crippen LogP contribution >= 0.6 is 11.3 Å². The van der Waals surface area contributed by atoms with E-state index in [1.807, 2.05) is 0 Å². The summed E-state index contributed by atoms with van der Waals surface area (Å²) in [6.07, 6.45) is 6.96. The molecule has 0 aliphatic heterocycles. The predicted molar refractivity (Wildman–Crippen MR) is 79.4 cm³/mol. The van der Waals surface area contributed by atoms with Gasteiger partial charge in [-0.1, -0.05) is 19.8 Å². The van der Waals surface area contributed by atoms with Crippen LogP contribution in [-0.4, -0.2) is 23.0 Å². The lowest BCUT2D eigenvalue weighted by Crippen LogP contribution is -2.37. The summed E-state index contributed by atoms with van der Waals surface area (Å²) in [4.78, 5) is 23.6. The molecule has 1 aromatic heterocycles. The summed E-state index contributed by atoms with van der Waals surface area (Å²) in [5, 5.41) is 11.9. The number of carboxylic acids is 1. The molecule has 5 heteroatoms. The van der Waals surface area contributed by atoms with Gasteiger partial charge < -0.3 is 10.4 Å². The van der Waals surface area contributed by atoms with Crippen LogP contribution in [0.4, 0.5) is 0 Å². The topological polar surface area (TPSA) is 66.4 Å². The Kier molecular flexibility index (Phi) is 5.17. The number of amides is 1. The first-order valence-corrected chi connectivity index (χ1v) is 8.05. The van der Waals surface area contributed by atoms with Gasteiger partial charge in [-0.2, -0.15) is 0 Å².